The first kappa shape index (κ1) is 17.8. The number of ether oxygens (including phenoxy) is 1. The van der Waals surface area contributed by atoms with Crippen LogP contribution >= 0.6 is 23.1 Å². The van der Waals surface area contributed by atoms with E-state index in [0.717, 1.165) is 34.3 Å². The zero-order valence-corrected chi connectivity index (χ0v) is 16.6. The molecular weight excluding hydrogens is 364 g/mol. The number of thiophene rings is 1. The first-order valence-electron chi connectivity index (χ1n) is 8.89. The van der Waals surface area contributed by atoms with Gasteiger partial charge in [0, 0.05) is 16.0 Å². The Morgan fingerprint density at radius 1 is 1.19 bits per heavy atom. The Hall–Kier alpha value is -1.63. The standard InChI is InChI=1S/C20H22N2O2S2/c1-12-6-8-15(9-7-12)24-10-14(23)11-25-19-18-16-4-3-5-17(16)26-20(18)22-13(2)21-19/h6-9,14,23H,3-5,10-11H2,1-2H3/t14-/m1/s1. The van der Waals surface area contributed by atoms with Gasteiger partial charge in [0.25, 0.3) is 0 Å². The minimum Gasteiger partial charge on any atom is -0.491 e. The van der Waals surface area contributed by atoms with E-state index in [0.29, 0.717) is 5.75 Å². The van der Waals surface area contributed by atoms with Crippen LogP contribution in [-0.4, -0.2) is 33.5 Å². The van der Waals surface area contributed by atoms with Crippen LogP contribution in [0.1, 0.15) is 28.2 Å². The van der Waals surface area contributed by atoms with Gasteiger partial charge < -0.3 is 9.84 Å². The number of hydrogen-bond donors (Lipinski definition) is 1. The van der Waals surface area contributed by atoms with Crippen LogP contribution in [0.4, 0.5) is 0 Å². The Labute approximate surface area is 161 Å². The molecule has 1 aliphatic rings. The second kappa shape index (κ2) is 7.55. The Balaban J connectivity index is 1.43. The SMILES string of the molecule is Cc1ccc(OC[C@@H](O)CSc2nc(C)nc3sc4c(c23)CCC4)cc1. The number of rotatable bonds is 6. The molecule has 0 fully saturated rings. The van der Waals surface area contributed by atoms with E-state index in [2.05, 4.69) is 9.97 Å². The summed E-state index contributed by atoms with van der Waals surface area (Å²) in [4.78, 5) is 11.8. The van der Waals surface area contributed by atoms with Crippen molar-refractivity contribution in [3.63, 3.8) is 0 Å². The van der Waals surface area contributed by atoms with Gasteiger partial charge in [-0.25, -0.2) is 9.97 Å². The predicted molar refractivity (Wildman–Crippen MR) is 108 cm³/mol. The molecule has 0 amide bonds. The monoisotopic (exact) mass is 386 g/mol. The molecule has 26 heavy (non-hydrogen) atoms. The molecule has 1 aliphatic carbocycles. The Kier molecular flexibility index (Phi) is 5.16. The summed E-state index contributed by atoms with van der Waals surface area (Å²) in [7, 11) is 0. The fraction of sp³-hybridized carbons (Fsp3) is 0.400. The lowest BCUT2D eigenvalue weighted by atomic mass is 10.2. The largest absolute Gasteiger partial charge is 0.491 e. The van der Waals surface area contributed by atoms with Gasteiger partial charge in [0.2, 0.25) is 0 Å². The van der Waals surface area contributed by atoms with Crippen molar-refractivity contribution < 1.29 is 9.84 Å². The van der Waals surface area contributed by atoms with Crippen LogP contribution in [0.15, 0.2) is 29.3 Å². The average Bonchev–Trinajstić information content (AvgIpc) is 3.19. The van der Waals surface area contributed by atoms with E-state index >= 15 is 0 Å². The first-order chi connectivity index (χ1) is 12.6. The van der Waals surface area contributed by atoms with Crippen molar-refractivity contribution >= 4 is 33.3 Å². The van der Waals surface area contributed by atoms with Crippen LogP contribution < -0.4 is 4.74 Å². The summed E-state index contributed by atoms with van der Waals surface area (Å²) in [6.07, 6.45) is 2.96. The number of fused-ring (bicyclic) bond motifs is 3. The Bertz CT molecular complexity index is 922. The number of aliphatic hydroxyl groups is 1. The molecule has 6 heteroatoms. The van der Waals surface area contributed by atoms with Gasteiger partial charge in [-0.3, -0.25) is 0 Å². The fourth-order valence-corrected chi connectivity index (χ4v) is 5.60. The third kappa shape index (κ3) is 3.72. The molecule has 0 unspecified atom stereocenters. The lowest BCUT2D eigenvalue weighted by molar-refractivity contribution is 0.126. The number of aromatic nitrogens is 2. The minimum atomic E-state index is -0.543. The van der Waals surface area contributed by atoms with Gasteiger partial charge in [0.15, 0.2) is 0 Å². The van der Waals surface area contributed by atoms with Gasteiger partial charge in [-0.15, -0.1) is 23.1 Å². The summed E-state index contributed by atoms with van der Waals surface area (Å²) in [5, 5.41) is 12.5. The zero-order chi connectivity index (χ0) is 18.1. The van der Waals surface area contributed by atoms with Crippen molar-refractivity contribution in [1.82, 2.24) is 9.97 Å². The maximum atomic E-state index is 10.3. The van der Waals surface area contributed by atoms with Crippen LogP contribution in [-0.2, 0) is 12.8 Å². The number of thioether (sulfide) groups is 1. The smallest absolute Gasteiger partial charge is 0.128 e. The molecule has 0 aliphatic heterocycles. The number of aryl methyl sites for hydroxylation is 4. The minimum absolute atomic E-state index is 0.283. The Morgan fingerprint density at radius 3 is 2.81 bits per heavy atom. The van der Waals surface area contributed by atoms with Gasteiger partial charge in [0.1, 0.15) is 28.0 Å². The third-order valence-corrected chi connectivity index (χ3v) is 6.83. The van der Waals surface area contributed by atoms with Crippen molar-refractivity contribution in [1.29, 1.82) is 0 Å². The molecule has 0 saturated carbocycles. The molecule has 1 N–H and O–H groups in total. The highest BCUT2D eigenvalue weighted by atomic mass is 32.2. The Morgan fingerprint density at radius 2 is 2.00 bits per heavy atom. The molecule has 1 aromatic carbocycles. The molecule has 3 aromatic rings. The lowest BCUT2D eigenvalue weighted by Crippen LogP contribution is -2.20. The number of hydrogen-bond acceptors (Lipinski definition) is 6. The predicted octanol–water partition coefficient (Wildman–Crippen LogP) is 4.33. The molecule has 136 valence electrons. The molecule has 1 atom stereocenters. The summed E-state index contributed by atoms with van der Waals surface area (Å²) in [5.74, 6) is 2.14. The van der Waals surface area contributed by atoms with Crippen LogP contribution in [0.25, 0.3) is 10.2 Å². The van der Waals surface area contributed by atoms with E-state index in [9.17, 15) is 5.11 Å². The fourth-order valence-electron chi connectivity index (χ4n) is 3.22. The molecule has 0 saturated heterocycles. The first-order valence-corrected chi connectivity index (χ1v) is 10.7. The van der Waals surface area contributed by atoms with Crippen molar-refractivity contribution in [3.05, 3.63) is 46.1 Å². The average molecular weight is 387 g/mol. The zero-order valence-electron chi connectivity index (χ0n) is 15.0. The highest BCUT2D eigenvalue weighted by molar-refractivity contribution is 7.99. The molecule has 4 rings (SSSR count). The summed E-state index contributed by atoms with van der Waals surface area (Å²) >= 11 is 3.41. The molecule has 0 radical (unpaired) electrons. The van der Waals surface area contributed by atoms with E-state index < -0.39 is 6.10 Å². The molecular formula is C20H22N2O2S2. The second-order valence-electron chi connectivity index (χ2n) is 6.70. The lowest BCUT2D eigenvalue weighted by Gasteiger charge is -2.13. The van der Waals surface area contributed by atoms with Crippen LogP contribution in [0, 0.1) is 13.8 Å². The second-order valence-corrected chi connectivity index (χ2v) is 8.79. The normalized spacial score (nSPS) is 14.6. The van der Waals surface area contributed by atoms with Crippen molar-refractivity contribution in [2.45, 2.75) is 44.2 Å². The number of aliphatic hydroxyl groups excluding tert-OH is 1. The van der Waals surface area contributed by atoms with Crippen molar-refractivity contribution in [3.8, 4) is 5.75 Å². The van der Waals surface area contributed by atoms with Crippen LogP contribution in [0.2, 0.25) is 0 Å². The van der Waals surface area contributed by atoms with Gasteiger partial charge in [-0.2, -0.15) is 0 Å². The topological polar surface area (TPSA) is 55.2 Å². The third-order valence-electron chi connectivity index (χ3n) is 4.52. The van der Waals surface area contributed by atoms with E-state index in [1.807, 2.05) is 38.1 Å². The van der Waals surface area contributed by atoms with E-state index in [-0.39, 0.29) is 6.61 Å². The summed E-state index contributed by atoms with van der Waals surface area (Å²) in [6, 6.07) is 7.88. The van der Waals surface area contributed by atoms with E-state index in [1.165, 1.54) is 27.8 Å². The molecule has 2 heterocycles. The van der Waals surface area contributed by atoms with Crippen LogP contribution in [0.5, 0.6) is 5.75 Å². The number of nitrogens with zero attached hydrogens (tertiary/aromatic N) is 2. The molecule has 0 bridgehead atoms. The van der Waals surface area contributed by atoms with Crippen molar-refractivity contribution in [2.75, 3.05) is 12.4 Å². The molecule has 0 spiro atoms. The number of benzene rings is 1. The van der Waals surface area contributed by atoms with E-state index in [1.54, 1.807) is 23.1 Å². The van der Waals surface area contributed by atoms with Gasteiger partial charge in [-0.05, 0) is 50.8 Å². The van der Waals surface area contributed by atoms with Gasteiger partial charge in [-0.1, -0.05) is 17.7 Å². The van der Waals surface area contributed by atoms with Crippen molar-refractivity contribution in [2.24, 2.45) is 0 Å². The maximum absolute atomic E-state index is 10.3. The summed E-state index contributed by atoms with van der Waals surface area (Å²) < 4.78 is 5.69. The van der Waals surface area contributed by atoms with E-state index in [4.69, 9.17) is 4.74 Å². The highest BCUT2D eigenvalue weighted by Gasteiger charge is 2.22. The molecule has 2 aromatic heterocycles. The summed E-state index contributed by atoms with van der Waals surface area (Å²) in [5.41, 5.74) is 2.62. The molecule has 4 nitrogen and oxygen atoms in total. The van der Waals surface area contributed by atoms with Gasteiger partial charge in [0.05, 0.1) is 6.10 Å². The summed E-state index contributed by atoms with van der Waals surface area (Å²) in [6.45, 7) is 4.26. The van der Waals surface area contributed by atoms with Gasteiger partial charge >= 0.3 is 0 Å². The highest BCUT2D eigenvalue weighted by Crippen LogP contribution is 2.40. The quantitative estimate of drug-likeness (QED) is 0.505. The van der Waals surface area contributed by atoms with Crippen LogP contribution in [0.3, 0.4) is 0 Å². The maximum Gasteiger partial charge on any atom is 0.128 e.